The lowest BCUT2D eigenvalue weighted by Gasteiger charge is -2.07. The summed E-state index contributed by atoms with van der Waals surface area (Å²) in [6, 6.07) is 0. The van der Waals surface area contributed by atoms with E-state index in [1.807, 2.05) is 0 Å². The zero-order chi connectivity index (χ0) is 10.4. The molecule has 1 heterocycles. The number of hydrogen-bond donors (Lipinski definition) is 0. The van der Waals surface area contributed by atoms with Gasteiger partial charge in [0.1, 0.15) is 0 Å². The topological polar surface area (TPSA) is 30.8 Å². The highest BCUT2D eigenvalue weighted by Gasteiger charge is 2.28. The molecule has 0 saturated carbocycles. The molecule has 0 aliphatic carbocycles. The lowest BCUT2D eigenvalue weighted by Crippen LogP contribution is -2.16. The SMILES string of the molecule is F.FC(F)(F)COOC1=CC=CC=NS1. The van der Waals surface area contributed by atoms with Gasteiger partial charge in [-0.1, -0.05) is 6.08 Å². The number of halogens is 4. The van der Waals surface area contributed by atoms with Crippen LogP contribution in [0.3, 0.4) is 0 Å². The summed E-state index contributed by atoms with van der Waals surface area (Å²) in [6.07, 6.45) is 1.74. The molecule has 0 spiro atoms. The molecule has 15 heavy (non-hydrogen) atoms. The molecule has 0 N–H and O–H groups in total. The summed E-state index contributed by atoms with van der Waals surface area (Å²) in [5.41, 5.74) is 0. The minimum Gasteiger partial charge on any atom is -0.328 e. The van der Waals surface area contributed by atoms with Crippen LogP contribution in [0.1, 0.15) is 0 Å². The maximum absolute atomic E-state index is 11.6. The molecule has 0 aromatic rings. The smallest absolute Gasteiger partial charge is 0.328 e. The zero-order valence-corrected chi connectivity index (χ0v) is 8.05. The van der Waals surface area contributed by atoms with Gasteiger partial charge in [-0.25, -0.2) is 4.40 Å². The van der Waals surface area contributed by atoms with Gasteiger partial charge in [-0.3, -0.25) is 4.70 Å². The molecular formula is C7H7F4NO2S. The number of alkyl halides is 3. The predicted molar refractivity (Wildman–Crippen MR) is 48.9 cm³/mol. The Morgan fingerprint density at radius 3 is 2.73 bits per heavy atom. The lowest BCUT2D eigenvalue weighted by molar-refractivity contribution is -0.312. The van der Waals surface area contributed by atoms with Crippen LogP contribution in [0.5, 0.6) is 0 Å². The van der Waals surface area contributed by atoms with Crippen molar-refractivity contribution in [1.82, 2.24) is 0 Å². The molecule has 0 radical (unpaired) electrons. The Balaban J connectivity index is 0.00000196. The zero-order valence-electron chi connectivity index (χ0n) is 7.23. The van der Waals surface area contributed by atoms with E-state index in [-0.39, 0.29) is 9.80 Å². The van der Waals surface area contributed by atoms with Gasteiger partial charge in [0.2, 0.25) is 5.09 Å². The van der Waals surface area contributed by atoms with Crippen molar-refractivity contribution in [1.29, 1.82) is 0 Å². The molecule has 1 rings (SSSR count). The van der Waals surface area contributed by atoms with Crippen LogP contribution in [-0.4, -0.2) is 19.0 Å². The van der Waals surface area contributed by atoms with Crippen LogP contribution in [0, 0.1) is 0 Å². The number of hydrogen-bond acceptors (Lipinski definition) is 4. The van der Waals surface area contributed by atoms with Gasteiger partial charge in [-0.15, -0.1) is 0 Å². The van der Waals surface area contributed by atoms with Gasteiger partial charge in [0, 0.05) is 6.21 Å². The van der Waals surface area contributed by atoms with E-state index in [9.17, 15) is 13.2 Å². The van der Waals surface area contributed by atoms with Gasteiger partial charge in [0.05, 0.1) is 11.9 Å². The van der Waals surface area contributed by atoms with Crippen molar-refractivity contribution in [2.75, 3.05) is 6.61 Å². The van der Waals surface area contributed by atoms with Crippen molar-refractivity contribution in [3.63, 3.8) is 0 Å². The van der Waals surface area contributed by atoms with Crippen LogP contribution >= 0.6 is 11.9 Å². The Kier molecular flexibility index (Phi) is 6.02. The summed E-state index contributed by atoms with van der Waals surface area (Å²) < 4.78 is 38.6. The average Bonchev–Trinajstić information content (AvgIpc) is 2.30. The summed E-state index contributed by atoms with van der Waals surface area (Å²) in [5, 5.41) is 0.152. The normalized spacial score (nSPS) is 15.3. The number of nitrogens with zero attached hydrogens (tertiary/aromatic N) is 1. The summed E-state index contributed by atoms with van der Waals surface area (Å²) in [6.45, 7) is -1.45. The minimum absolute atomic E-state index is 0. The molecule has 1 aliphatic heterocycles. The maximum Gasteiger partial charge on any atom is 0.415 e. The summed E-state index contributed by atoms with van der Waals surface area (Å²) in [7, 11) is 0. The van der Waals surface area contributed by atoms with E-state index in [0.29, 0.717) is 0 Å². The van der Waals surface area contributed by atoms with E-state index >= 15 is 0 Å². The van der Waals surface area contributed by atoms with Crippen LogP contribution in [0.4, 0.5) is 17.9 Å². The van der Waals surface area contributed by atoms with E-state index in [4.69, 9.17) is 0 Å². The third kappa shape index (κ3) is 6.97. The van der Waals surface area contributed by atoms with E-state index < -0.39 is 12.8 Å². The molecule has 0 atom stereocenters. The Labute approximate surface area is 87.1 Å². The molecule has 0 aromatic carbocycles. The molecule has 3 nitrogen and oxygen atoms in total. The lowest BCUT2D eigenvalue weighted by atomic mass is 10.5. The molecule has 0 saturated heterocycles. The summed E-state index contributed by atoms with van der Waals surface area (Å²) in [4.78, 5) is 8.35. The van der Waals surface area contributed by atoms with Crippen molar-refractivity contribution in [2.24, 2.45) is 4.40 Å². The van der Waals surface area contributed by atoms with Crippen LogP contribution in [0.2, 0.25) is 0 Å². The fourth-order valence-electron chi connectivity index (χ4n) is 0.529. The molecule has 86 valence electrons. The Morgan fingerprint density at radius 2 is 2.07 bits per heavy atom. The number of rotatable bonds is 3. The van der Waals surface area contributed by atoms with Gasteiger partial charge in [-0.05, 0) is 12.2 Å². The first-order chi connectivity index (χ1) is 6.58. The first-order valence-corrected chi connectivity index (χ1v) is 4.29. The second-order valence-corrected chi connectivity index (χ2v) is 2.97. The van der Waals surface area contributed by atoms with E-state index in [2.05, 4.69) is 14.2 Å². The molecule has 0 aromatic heterocycles. The van der Waals surface area contributed by atoms with Crippen molar-refractivity contribution >= 4 is 18.2 Å². The highest BCUT2D eigenvalue weighted by molar-refractivity contribution is 8.01. The monoisotopic (exact) mass is 245 g/mol. The highest BCUT2D eigenvalue weighted by Crippen LogP contribution is 2.21. The number of allylic oxidation sites excluding steroid dienone is 3. The molecule has 0 fully saturated rings. The second-order valence-electron chi connectivity index (χ2n) is 2.18. The largest absolute Gasteiger partial charge is 0.415 e. The molecule has 0 bridgehead atoms. The van der Waals surface area contributed by atoms with Crippen LogP contribution in [-0.2, 0) is 9.78 Å². The van der Waals surface area contributed by atoms with Crippen molar-refractivity contribution in [3.8, 4) is 0 Å². The fourth-order valence-corrected chi connectivity index (χ4v) is 0.982. The highest BCUT2D eigenvalue weighted by atomic mass is 32.2. The van der Waals surface area contributed by atoms with Gasteiger partial charge in [0.15, 0.2) is 6.61 Å². The second kappa shape index (κ2) is 6.46. The maximum atomic E-state index is 11.6. The predicted octanol–water partition coefficient (Wildman–Crippen LogP) is 2.78. The Bertz CT molecular complexity index is 275. The molecule has 0 unspecified atom stereocenters. The Morgan fingerprint density at radius 1 is 1.33 bits per heavy atom. The summed E-state index contributed by atoms with van der Waals surface area (Å²) in [5.74, 6) is 0. The molecule has 8 heteroatoms. The van der Waals surface area contributed by atoms with Crippen molar-refractivity contribution in [3.05, 3.63) is 23.3 Å². The van der Waals surface area contributed by atoms with Crippen LogP contribution < -0.4 is 0 Å². The van der Waals surface area contributed by atoms with Crippen molar-refractivity contribution < 1.29 is 27.7 Å². The van der Waals surface area contributed by atoms with E-state index in [1.165, 1.54) is 12.3 Å². The first kappa shape index (κ1) is 14.0. The third-order valence-electron chi connectivity index (χ3n) is 0.997. The Hall–Kier alpha value is -1.02. The van der Waals surface area contributed by atoms with Crippen LogP contribution in [0.15, 0.2) is 27.7 Å². The van der Waals surface area contributed by atoms with E-state index in [1.54, 1.807) is 12.2 Å². The van der Waals surface area contributed by atoms with Crippen LogP contribution in [0.25, 0.3) is 0 Å². The quantitative estimate of drug-likeness (QED) is 0.331. The molecular weight excluding hydrogens is 238 g/mol. The van der Waals surface area contributed by atoms with Gasteiger partial charge < -0.3 is 4.89 Å². The van der Waals surface area contributed by atoms with Crippen molar-refractivity contribution in [2.45, 2.75) is 6.18 Å². The third-order valence-corrected chi connectivity index (χ3v) is 1.61. The molecule has 0 amide bonds. The standard InChI is InChI=1S/C7H6F3NO2S.FH/c8-7(9,10)5-12-13-6-3-1-2-4-11-14-6;/h1-4H,5H2;1H. The fraction of sp³-hybridized carbons (Fsp3) is 0.286. The first-order valence-electron chi connectivity index (χ1n) is 3.51. The minimum atomic E-state index is -4.39. The van der Waals surface area contributed by atoms with Gasteiger partial charge in [0.25, 0.3) is 0 Å². The summed E-state index contributed by atoms with van der Waals surface area (Å²) >= 11 is 0.888. The molecule has 1 aliphatic rings. The van der Waals surface area contributed by atoms with Gasteiger partial charge >= 0.3 is 6.18 Å². The van der Waals surface area contributed by atoms with Gasteiger partial charge in [-0.2, -0.15) is 18.1 Å². The average molecular weight is 245 g/mol. The van der Waals surface area contributed by atoms with E-state index in [0.717, 1.165) is 11.9 Å².